The number of likely N-dealkylation sites (tertiary alicyclic amines) is 1. The molecule has 4 saturated carbocycles. The van der Waals surface area contributed by atoms with E-state index in [1.165, 1.54) is 73.8 Å². The average molecular weight is 1510 g/mol. The van der Waals surface area contributed by atoms with Crippen LogP contribution in [-0.2, 0) is 62.3 Å². The zero-order chi connectivity index (χ0) is 77.4. The minimum absolute atomic E-state index is 0.00621. The monoisotopic (exact) mass is 1510 g/mol. The standard InChI is InChI=1S/C75H122ClF3N12O14/c1-12-48(4)64-71(102)85(7)45-62(95)83(5)46-63(96)87(9)58(40-49-24-16-13-17-25-49)69(100)84(6)44-60(93)80-55(31-29-50-28-30-53(54(76)39-50)75(77,78)79)68(99)91-43-52(105-37-36-92)41-57(91)67(98)82-74(32-20-21-33-74)73(104)89(11)65(51-26-18-14-19-27-51)72(103)88(10)59(70(101)90-34-22-15-23-35-90)42-61(94)86(8)56(38-47(2)3)66(97)81-64/h47-59,64-65,92H,12-46H2,1-11H3,(H,80,93)(H,81,97)(H,82,98)/t48-,50?,52+,53?,54?,55-,56-,57-,58-,59-,64-,65-/m0/s1. The largest absolute Gasteiger partial charge is 0.394 e. The summed E-state index contributed by atoms with van der Waals surface area (Å²) in [5, 5.41) is 17.5. The molecule has 7 fully saturated rings. The fraction of sp³-hybridized carbons (Fsp3) is 0.840. The van der Waals surface area contributed by atoms with Gasteiger partial charge in [-0.3, -0.25) is 57.5 Å². The predicted molar refractivity (Wildman–Crippen MR) is 387 cm³/mol. The summed E-state index contributed by atoms with van der Waals surface area (Å²) in [6.45, 7) is 5.54. The van der Waals surface area contributed by atoms with Crippen molar-refractivity contribution in [3.05, 3.63) is 0 Å². The Labute approximate surface area is 624 Å². The molecule has 26 nitrogen and oxygen atoms in total. The molecule has 1 spiro atoms. The molecular formula is C75H122ClF3N12O14. The van der Waals surface area contributed by atoms with Crippen LogP contribution in [0.4, 0.5) is 13.2 Å². The number of likely N-dealkylation sites (N-methyl/N-ethyl adjacent to an activating group) is 7. The average Bonchev–Trinajstić information content (AvgIpc) is 1.11. The van der Waals surface area contributed by atoms with Crippen molar-refractivity contribution in [2.75, 3.05) is 102 Å². The Bertz CT molecular complexity index is 3020. The maximum atomic E-state index is 15.9. The number of aliphatic hydroxyl groups is 1. The number of nitrogens with one attached hydrogen (secondary N) is 3. The second-order valence-corrected chi connectivity index (χ2v) is 32.6. The van der Waals surface area contributed by atoms with Crippen molar-refractivity contribution < 1.29 is 80.5 Å². The van der Waals surface area contributed by atoms with Crippen molar-refractivity contribution in [3.63, 3.8) is 0 Å². The summed E-state index contributed by atoms with van der Waals surface area (Å²) in [5.41, 5.74) is -1.64. The molecule has 3 aliphatic heterocycles. The van der Waals surface area contributed by atoms with E-state index >= 15 is 28.8 Å². The molecule has 3 saturated heterocycles. The number of nitrogens with zero attached hydrogens (tertiary/aromatic N) is 9. The molecule has 3 unspecified atom stereocenters. The Morgan fingerprint density at radius 3 is 1.83 bits per heavy atom. The number of carbonyl (C=O) groups is 12. The first-order chi connectivity index (χ1) is 49.6. The van der Waals surface area contributed by atoms with Crippen LogP contribution in [-0.4, -0.2) is 287 Å². The summed E-state index contributed by atoms with van der Waals surface area (Å²) in [4.78, 5) is 193. The number of aliphatic hydroxyl groups excluding tert-OH is 1. The lowest BCUT2D eigenvalue weighted by Gasteiger charge is -2.43. The van der Waals surface area contributed by atoms with Crippen molar-refractivity contribution in [1.29, 1.82) is 0 Å². The van der Waals surface area contributed by atoms with Crippen molar-refractivity contribution in [3.8, 4) is 0 Å². The lowest BCUT2D eigenvalue weighted by atomic mass is 9.78. The number of piperidine rings is 1. The Balaban J connectivity index is 1.31. The van der Waals surface area contributed by atoms with Gasteiger partial charge >= 0.3 is 6.18 Å². The van der Waals surface area contributed by atoms with E-state index in [4.69, 9.17) is 16.3 Å². The highest BCUT2D eigenvalue weighted by Gasteiger charge is 2.53. The Kier molecular flexibility index (Phi) is 32.0. The van der Waals surface area contributed by atoms with E-state index in [0.29, 0.717) is 58.0 Å². The third-order valence-corrected chi connectivity index (χ3v) is 24.4. The zero-order valence-electron chi connectivity index (χ0n) is 64.2. The van der Waals surface area contributed by atoms with E-state index in [0.717, 1.165) is 72.5 Å². The third-order valence-electron chi connectivity index (χ3n) is 23.9. The van der Waals surface area contributed by atoms with Gasteiger partial charge in [0.15, 0.2) is 0 Å². The molecule has 30 heteroatoms. The van der Waals surface area contributed by atoms with Crippen LogP contribution in [0.5, 0.6) is 0 Å². The van der Waals surface area contributed by atoms with Crippen molar-refractivity contribution in [2.24, 2.45) is 35.5 Å². The first-order valence-electron chi connectivity index (χ1n) is 38.9. The number of rotatable bonds is 14. The number of alkyl halides is 4. The molecule has 0 aromatic rings. The molecule has 0 bridgehead atoms. The van der Waals surface area contributed by atoms with Gasteiger partial charge in [0.25, 0.3) is 0 Å². The molecule has 594 valence electrons. The number of ether oxygens (including phenoxy) is 1. The second kappa shape index (κ2) is 39.1. The highest BCUT2D eigenvalue weighted by atomic mass is 35.5. The van der Waals surface area contributed by atoms with Crippen LogP contribution >= 0.6 is 11.6 Å². The van der Waals surface area contributed by atoms with Crippen LogP contribution in [0.25, 0.3) is 0 Å². The molecule has 0 aromatic carbocycles. The van der Waals surface area contributed by atoms with Gasteiger partial charge < -0.3 is 69.9 Å². The van der Waals surface area contributed by atoms with Crippen LogP contribution in [0.15, 0.2) is 0 Å². The molecule has 7 rings (SSSR count). The molecule has 0 radical (unpaired) electrons. The van der Waals surface area contributed by atoms with Crippen molar-refractivity contribution in [1.82, 2.24) is 60.0 Å². The first kappa shape index (κ1) is 85.9. The van der Waals surface area contributed by atoms with E-state index in [-0.39, 0.29) is 89.2 Å². The van der Waals surface area contributed by atoms with Gasteiger partial charge in [-0.1, -0.05) is 98.3 Å². The SMILES string of the molecule is CC[C@H](C)[C@@H]1NC(=O)[C@H](CC(C)C)N(C)C(=O)C[C@@H](C(=O)N2CCCCC2)N(C)C(=O)[C@H](C2CCCCC2)N(C)C(=O)C2(CCCC2)NC(=O)[C@@H]2C[C@@H](OCCO)CN2C(=O)[C@H](CCC2CCC(C(F)(F)F)C(Cl)C2)NC(=O)CN(C)C(=O)[C@H](CC2CCCCC2)N(C)C(=O)CN(C)C(=O)CN(C)C1=O. The Morgan fingerprint density at radius 2 is 1.23 bits per heavy atom. The fourth-order valence-electron chi connectivity index (χ4n) is 17.2. The summed E-state index contributed by atoms with van der Waals surface area (Å²) < 4.78 is 48.3. The van der Waals surface area contributed by atoms with Gasteiger partial charge in [-0.05, 0) is 119 Å². The molecule has 0 aromatic heterocycles. The highest BCUT2D eigenvalue weighted by molar-refractivity contribution is 6.21. The third kappa shape index (κ3) is 22.4. The molecule has 12 atom stereocenters. The van der Waals surface area contributed by atoms with Crippen molar-refractivity contribution >= 4 is 82.5 Å². The minimum atomic E-state index is -4.54. The van der Waals surface area contributed by atoms with Crippen LogP contribution in [0.2, 0.25) is 0 Å². The summed E-state index contributed by atoms with van der Waals surface area (Å²) >= 11 is 6.44. The first-order valence-corrected chi connectivity index (χ1v) is 39.3. The number of hydrogen-bond acceptors (Lipinski definition) is 14. The maximum Gasteiger partial charge on any atom is 0.393 e. The van der Waals surface area contributed by atoms with Gasteiger partial charge in [0.2, 0.25) is 70.9 Å². The van der Waals surface area contributed by atoms with Gasteiger partial charge in [-0.15, -0.1) is 11.6 Å². The van der Waals surface area contributed by atoms with Gasteiger partial charge in [0, 0.05) is 80.8 Å². The minimum Gasteiger partial charge on any atom is -0.394 e. The fourth-order valence-corrected chi connectivity index (χ4v) is 17.7. The summed E-state index contributed by atoms with van der Waals surface area (Å²) in [6, 6.07) is -9.00. The van der Waals surface area contributed by atoms with Gasteiger partial charge in [-0.2, -0.15) is 13.2 Å². The predicted octanol–water partition coefficient (Wildman–Crippen LogP) is 5.47. The van der Waals surface area contributed by atoms with Crippen LogP contribution in [0.1, 0.15) is 201 Å². The van der Waals surface area contributed by atoms with E-state index in [1.54, 1.807) is 11.8 Å². The second-order valence-electron chi connectivity index (χ2n) is 32.0. The molecule has 4 aliphatic carbocycles. The summed E-state index contributed by atoms with van der Waals surface area (Å²) in [6.07, 6.45) is 5.54. The van der Waals surface area contributed by atoms with E-state index in [2.05, 4.69) is 16.0 Å². The zero-order valence-corrected chi connectivity index (χ0v) is 65.0. The molecule has 4 N–H and O–H groups in total. The number of halogens is 4. The molecular weight excluding hydrogens is 1390 g/mol. The lowest BCUT2D eigenvalue weighted by Crippen LogP contribution is -2.65. The molecule has 105 heavy (non-hydrogen) atoms. The highest BCUT2D eigenvalue weighted by Crippen LogP contribution is 2.44. The van der Waals surface area contributed by atoms with E-state index < -0.39 is 193 Å². The number of amides is 12. The van der Waals surface area contributed by atoms with Crippen molar-refractivity contribution in [2.45, 2.75) is 267 Å². The van der Waals surface area contributed by atoms with Gasteiger partial charge in [-0.25, -0.2) is 0 Å². The van der Waals surface area contributed by atoms with Crippen LogP contribution < -0.4 is 16.0 Å². The molecule has 12 amide bonds. The quantitative estimate of drug-likeness (QED) is 0.157. The maximum absolute atomic E-state index is 15.9. The van der Waals surface area contributed by atoms with Crippen LogP contribution in [0.3, 0.4) is 0 Å². The van der Waals surface area contributed by atoms with E-state index in [1.807, 2.05) is 20.8 Å². The summed E-state index contributed by atoms with van der Waals surface area (Å²) in [7, 11) is 9.99. The number of carbonyl (C=O) groups excluding carboxylic acids is 12. The topological polar surface area (TPSA) is 300 Å². The van der Waals surface area contributed by atoms with Gasteiger partial charge in [0.1, 0.15) is 47.8 Å². The normalized spacial score (nSPS) is 30.0. The van der Waals surface area contributed by atoms with Crippen LogP contribution in [0, 0.1) is 35.5 Å². The molecule has 3 heterocycles. The number of hydrogen-bond donors (Lipinski definition) is 4. The lowest BCUT2D eigenvalue weighted by molar-refractivity contribution is -0.182. The molecule has 7 aliphatic rings. The van der Waals surface area contributed by atoms with Gasteiger partial charge in [0.05, 0.1) is 51.3 Å². The smallest absolute Gasteiger partial charge is 0.393 e. The Morgan fingerprint density at radius 1 is 0.629 bits per heavy atom. The van der Waals surface area contributed by atoms with E-state index in [9.17, 15) is 47.0 Å². The summed E-state index contributed by atoms with van der Waals surface area (Å²) in [5.74, 6) is -11.2. The number of fused-ring (bicyclic) bond motifs is 1. The Hall–Kier alpha value is -6.36.